The Balaban J connectivity index is 2.11. The third-order valence-corrected chi connectivity index (χ3v) is 2.89. The number of carbonyl (C=O) groups excluding carboxylic acids is 1. The zero-order valence-electron chi connectivity index (χ0n) is 11.6. The minimum atomic E-state index is -1.10. The molecule has 112 valence electrons. The largest absolute Gasteiger partial charge is 0.493 e. The second-order valence-electron chi connectivity index (χ2n) is 4.32. The topological polar surface area (TPSA) is 59.3 Å². The van der Waals surface area contributed by atoms with Crippen LogP contribution in [0.4, 0.5) is 8.78 Å². The number of hydrogen-bond donors (Lipinski definition) is 0. The molecule has 22 heavy (non-hydrogen) atoms. The van der Waals surface area contributed by atoms with Crippen LogP contribution in [0.1, 0.15) is 15.9 Å². The molecular formula is C16H11F2NO3. The molecular weight excluding hydrogens is 292 g/mol. The van der Waals surface area contributed by atoms with Gasteiger partial charge < -0.3 is 9.47 Å². The number of nitrogens with zero attached hydrogens (tertiary/aromatic N) is 1. The summed E-state index contributed by atoms with van der Waals surface area (Å²) in [6.45, 7) is -0.368. The highest BCUT2D eigenvalue weighted by atomic mass is 19.2. The molecule has 2 rings (SSSR count). The molecule has 4 nitrogen and oxygen atoms in total. The molecule has 0 aliphatic rings. The number of rotatable bonds is 5. The molecule has 0 unspecified atom stereocenters. The smallest absolute Gasteiger partial charge is 0.200 e. The first-order valence-electron chi connectivity index (χ1n) is 6.24. The molecule has 0 radical (unpaired) electrons. The minimum absolute atomic E-state index is 0.00603. The van der Waals surface area contributed by atoms with Gasteiger partial charge in [0.2, 0.25) is 0 Å². The summed E-state index contributed by atoms with van der Waals surface area (Å²) >= 11 is 0. The first-order chi connectivity index (χ1) is 10.5. The molecule has 6 heteroatoms. The van der Waals surface area contributed by atoms with E-state index in [1.807, 2.05) is 6.07 Å². The fourth-order valence-electron chi connectivity index (χ4n) is 1.75. The molecule has 0 aliphatic heterocycles. The van der Waals surface area contributed by atoms with Crippen LogP contribution < -0.4 is 9.47 Å². The number of halogens is 2. The van der Waals surface area contributed by atoms with Crippen LogP contribution in [-0.2, 0) is 0 Å². The SMILES string of the molecule is COc1cc(C#N)ccc1OCC(=O)c1ccc(F)c(F)c1. The molecule has 0 fully saturated rings. The summed E-state index contributed by atoms with van der Waals surface area (Å²) < 4.78 is 36.3. The summed E-state index contributed by atoms with van der Waals surface area (Å²) in [4.78, 5) is 11.9. The van der Waals surface area contributed by atoms with E-state index in [1.165, 1.54) is 31.4 Å². The van der Waals surface area contributed by atoms with E-state index in [2.05, 4.69) is 0 Å². The van der Waals surface area contributed by atoms with Crippen LogP contribution in [0, 0.1) is 23.0 Å². The normalized spacial score (nSPS) is 9.91. The van der Waals surface area contributed by atoms with E-state index in [0.717, 1.165) is 12.1 Å². The van der Waals surface area contributed by atoms with Gasteiger partial charge in [0.25, 0.3) is 0 Å². The standard InChI is InChI=1S/C16H11F2NO3/c1-21-16-6-10(8-19)2-5-15(16)22-9-14(20)11-3-4-12(17)13(18)7-11/h2-7H,9H2,1H3. The Bertz CT molecular complexity index is 754. The molecule has 0 saturated carbocycles. The van der Waals surface area contributed by atoms with Gasteiger partial charge in [-0.1, -0.05) is 0 Å². The Morgan fingerprint density at radius 2 is 1.91 bits per heavy atom. The Morgan fingerprint density at radius 1 is 1.14 bits per heavy atom. The molecule has 0 saturated heterocycles. The lowest BCUT2D eigenvalue weighted by Gasteiger charge is -2.10. The number of methoxy groups -OCH3 is 1. The quantitative estimate of drug-likeness (QED) is 0.796. The van der Waals surface area contributed by atoms with Gasteiger partial charge >= 0.3 is 0 Å². The Hall–Kier alpha value is -2.94. The predicted molar refractivity (Wildman–Crippen MR) is 73.9 cm³/mol. The Morgan fingerprint density at radius 3 is 2.55 bits per heavy atom. The van der Waals surface area contributed by atoms with Crippen LogP contribution in [-0.4, -0.2) is 19.5 Å². The maximum atomic E-state index is 13.1. The van der Waals surface area contributed by atoms with Crippen LogP contribution in [0.5, 0.6) is 11.5 Å². The van der Waals surface area contributed by atoms with Crippen molar-refractivity contribution in [1.82, 2.24) is 0 Å². The molecule has 0 spiro atoms. The average Bonchev–Trinajstić information content (AvgIpc) is 2.54. The Labute approximate surface area is 125 Å². The number of nitriles is 1. The number of benzene rings is 2. The predicted octanol–water partition coefficient (Wildman–Crippen LogP) is 3.11. The van der Waals surface area contributed by atoms with Crippen molar-refractivity contribution in [2.75, 3.05) is 13.7 Å². The second-order valence-corrected chi connectivity index (χ2v) is 4.32. The van der Waals surface area contributed by atoms with E-state index in [9.17, 15) is 13.6 Å². The molecule has 0 bridgehead atoms. The number of ether oxygens (including phenoxy) is 2. The summed E-state index contributed by atoms with van der Waals surface area (Å²) in [6.07, 6.45) is 0. The molecule has 0 heterocycles. The molecule has 2 aromatic rings. The highest BCUT2D eigenvalue weighted by molar-refractivity contribution is 5.97. The maximum Gasteiger partial charge on any atom is 0.200 e. The van der Waals surface area contributed by atoms with Crippen molar-refractivity contribution in [1.29, 1.82) is 5.26 Å². The minimum Gasteiger partial charge on any atom is -0.493 e. The van der Waals surface area contributed by atoms with Crippen LogP contribution in [0.3, 0.4) is 0 Å². The number of hydrogen-bond acceptors (Lipinski definition) is 4. The van der Waals surface area contributed by atoms with Gasteiger partial charge in [-0.25, -0.2) is 8.78 Å². The van der Waals surface area contributed by atoms with Crippen LogP contribution in [0.15, 0.2) is 36.4 Å². The lowest BCUT2D eigenvalue weighted by molar-refractivity contribution is 0.0919. The average molecular weight is 303 g/mol. The molecule has 0 N–H and O–H groups in total. The third-order valence-electron chi connectivity index (χ3n) is 2.89. The van der Waals surface area contributed by atoms with Crippen LogP contribution >= 0.6 is 0 Å². The van der Waals surface area contributed by atoms with Crippen molar-refractivity contribution in [2.24, 2.45) is 0 Å². The van der Waals surface area contributed by atoms with E-state index in [0.29, 0.717) is 11.3 Å². The number of Topliss-reactive ketones (excluding diaryl/α,β-unsaturated/α-hetero) is 1. The van der Waals surface area contributed by atoms with Gasteiger partial charge in [-0.15, -0.1) is 0 Å². The van der Waals surface area contributed by atoms with Crippen molar-refractivity contribution < 1.29 is 23.0 Å². The number of carbonyl (C=O) groups is 1. The highest BCUT2D eigenvalue weighted by Crippen LogP contribution is 2.28. The van der Waals surface area contributed by atoms with E-state index >= 15 is 0 Å². The fourth-order valence-corrected chi connectivity index (χ4v) is 1.75. The highest BCUT2D eigenvalue weighted by Gasteiger charge is 2.12. The summed E-state index contributed by atoms with van der Waals surface area (Å²) in [5, 5.41) is 8.80. The van der Waals surface area contributed by atoms with Gasteiger partial charge in [0.1, 0.15) is 0 Å². The zero-order chi connectivity index (χ0) is 16.1. The molecule has 2 aromatic carbocycles. The van der Waals surface area contributed by atoms with E-state index in [1.54, 1.807) is 0 Å². The Kier molecular flexibility index (Phi) is 4.69. The lowest BCUT2D eigenvalue weighted by atomic mass is 10.1. The molecule has 0 aromatic heterocycles. The first kappa shape index (κ1) is 15.4. The van der Waals surface area contributed by atoms with E-state index in [-0.39, 0.29) is 17.9 Å². The van der Waals surface area contributed by atoms with Gasteiger partial charge in [0, 0.05) is 11.6 Å². The van der Waals surface area contributed by atoms with Gasteiger partial charge in [-0.2, -0.15) is 5.26 Å². The summed E-state index contributed by atoms with van der Waals surface area (Å²) in [5.74, 6) is -2.05. The molecule has 0 aliphatic carbocycles. The summed E-state index contributed by atoms with van der Waals surface area (Å²) in [6, 6.07) is 9.31. The fraction of sp³-hybridized carbons (Fsp3) is 0.125. The van der Waals surface area contributed by atoms with E-state index in [4.69, 9.17) is 14.7 Å². The molecule has 0 atom stereocenters. The summed E-state index contributed by atoms with van der Waals surface area (Å²) in [5.41, 5.74) is 0.391. The van der Waals surface area contributed by atoms with Crippen molar-refractivity contribution in [2.45, 2.75) is 0 Å². The van der Waals surface area contributed by atoms with Gasteiger partial charge in [-0.3, -0.25) is 4.79 Å². The van der Waals surface area contributed by atoms with Crippen molar-refractivity contribution in [3.05, 3.63) is 59.2 Å². The molecule has 0 amide bonds. The van der Waals surface area contributed by atoms with Crippen molar-refractivity contribution >= 4 is 5.78 Å². The lowest BCUT2D eigenvalue weighted by Crippen LogP contribution is -2.12. The monoisotopic (exact) mass is 303 g/mol. The maximum absolute atomic E-state index is 13.1. The van der Waals surface area contributed by atoms with Crippen molar-refractivity contribution in [3.63, 3.8) is 0 Å². The zero-order valence-corrected chi connectivity index (χ0v) is 11.6. The summed E-state index contributed by atoms with van der Waals surface area (Å²) in [7, 11) is 1.40. The number of ketones is 1. The van der Waals surface area contributed by atoms with Gasteiger partial charge in [0.05, 0.1) is 18.7 Å². The van der Waals surface area contributed by atoms with Crippen LogP contribution in [0.2, 0.25) is 0 Å². The second kappa shape index (κ2) is 6.68. The van der Waals surface area contributed by atoms with Gasteiger partial charge in [0.15, 0.2) is 35.5 Å². The van der Waals surface area contributed by atoms with Crippen LogP contribution in [0.25, 0.3) is 0 Å². The van der Waals surface area contributed by atoms with Crippen molar-refractivity contribution in [3.8, 4) is 17.6 Å². The van der Waals surface area contributed by atoms with Gasteiger partial charge in [-0.05, 0) is 30.3 Å². The van der Waals surface area contributed by atoms with E-state index < -0.39 is 17.4 Å². The third kappa shape index (κ3) is 3.38. The first-order valence-corrected chi connectivity index (χ1v) is 6.24.